The lowest BCUT2D eigenvalue weighted by atomic mass is 10.1. The Labute approximate surface area is 127 Å². The zero-order chi connectivity index (χ0) is 15.2. The average Bonchev–Trinajstić information content (AvgIpc) is 2.45. The molecule has 0 radical (unpaired) electrons. The minimum atomic E-state index is -0.404. The molecule has 0 saturated heterocycles. The second-order valence-electron chi connectivity index (χ2n) is 4.38. The number of amides is 2. The molecular formula is C15H14FN3OS. The molecular weight excluding hydrogens is 289 g/mol. The van der Waals surface area contributed by atoms with Gasteiger partial charge in [0.05, 0.1) is 0 Å². The van der Waals surface area contributed by atoms with Gasteiger partial charge in [0.15, 0.2) is 0 Å². The molecule has 0 unspecified atom stereocenters. The Bertz CT molecular complexity index is 658. The van der Waals surface area contributed by atoms with E-state index < -0.39 is 11.8 Å². The highest BCUT2D eigenvalue weighted by Gasteiger charge is 2.03. The smallest absolute Gasteiger partial charge is 0.319 e. The molecule has 108 valence electrons. The molecule has 2 aromatic carbocycles. The van der Waals surface area contributed by atoms with Crippen molar-refractivity contribution in [3.8, 4) is 0 Å². The summed E-state index contributed by atoms with van der Waals surface area (Å²) in [5.41, 5.74) is 7.59. The van der Waals surface area contributed by atoms with Crippen LogP contribution in [0.4, 0.5) is 14.9 Å². The van der Waals surface area contributed by atoms with Crippen molar-refractivity contribution in [1.29, 1.82) is 0 Å². The van der Waals surface area contributed by atoms with E-state index in [4.69, 9.17) is 18.0 Å². The fourth-order valence-corrected chi connectivity index (χ4v) is 1.85. The number of hydrogen-bond donors (Lipinski definition) is 3. The van der Waals surface area contributed by atoms with Gasteiger partial charge in [-0.2, -0.15) is 0 Å². The lowest BCUT2D eigenvalue weighted by Crippen LogP contribution is -2.28. The summed E-state index contributed by atoms with van der Waals surface area (Å²) < 4.78 is 13.0. The highest BCUT2D eigenvalue weighted by atomic mass is 32.1. The Balaban J connectivity index is 1.87. The number of nitrogens with one attached hydrogen (secondary N) is 2. The zero-order valence-corrected chi connectivity index (χ0v) is 11.9. The maximum absolute atomic E-state index is 13.0. The molecule has 2 rings (SSSR count). The topological polar surface area (TPSA) is 67.1 Å². The minimum Gasteiger partial charge on any atom is -0.389 e. The van der Waals surface area contributed by atoms with Gasteiger partial charge in [-0.05, 0) is 23.8 Å². The van der Waals surface area contributed by atoms with Crippen LogP contribution in [0.15, 0.2) is 48.5 Å². The van der Waals surface area contributed by atoms with Crippen molar-refractivity contribution >= 4 is 28.9 Å². The van der Waals surface area contributed by atoms with Gasteiger partial charge in [-0.1, -0.05) is 42.5 Å². The standard InChI is InChI=1S/C15H14FN3OS/c16-12-2-1-3-13(8-12)19-15(20)18-9-10-4-6-11(7-5-10)14(17)21/h1-8H,9H2,(H2,17,21)(H2,18,19,20). The van der Waals surface area contributed by atoms with Crippen molar-refractivity contribution in [1.82, 2.24) is 5.32 Å². The highest BCUT2D eigenvalue weighted by Crippen LogP contribution is 2.09. The van der Waals surface area contributed by atoms with Gasteiger partial charge in [-0.25, -0.2) is 9.18 Å². The van der Waals surface area contributed by atoms with E-state index >= 15 is 0 Å². The maximum atomic E-state index is 13.0. The fourth-order valence-electron chi connectivity index (χ4n) is 1.71. The SMILES string of the molecule is NC(=S)c1ccc(CNC(=O)Nc2cccc(F)c2)cc1. The number of thiocarbonyl (C=S) groups is 1. The molecule has 0 atom stereocenters. The molecule has 0 bridgehead atoms. The summed E-state index contributed by atoms with van der Waals surface area (Å²) in [6.07, 6.45) is 0. The molecule has 0 aliphatic carbocycles. The van der Waals surface area contributed by atoms with Crippen LogP contribution in [0.25, 0.3) is 0 Å². The molecule has 0 aromatic heterocycles. The summed E-state index contributed by atoms with van der Waals surface area (Å²) in [5, 5.41) is 5.23. The number of nitrogens with two attached hydrogens (primary N) is 1. The quantitative estimate of drug-likeness (QED) is 0.761. The molecule has 4 nitrogen and oxygen atoms in total. The molecule has 6 heteroatoms. The number of hydrogen-bond acceptors (Lipinski definition) is 2. The molecule has 21 heavy (non-hydrogen) atoms. The molecule has 0 spiro atoms. The summed E-state index contributed by atoms with van der Waals surface area (Å²) in [7, 11) is 0. The molecule has 4 N–H and O–H groups in total. The Hall–Kier alpha value is -2.47. The number of halogens is 1. The van der Waals surface area contributed by atoms with Crippen molar-refractivity contribution in [2.45, 2.75) is 6.54 Å². The van der Waals surface area contributed by atoms with Crippen molar-refractivity contribution in [3.05, 3.63) is 65.5 Å². The predicted octanol–water partition coefficient (Wildman–Crippen LogP) is 2.78. The van der Waals surface area contributed by atoms with Gasteiger partial charge in [0.25, 0.3) is 0 Å². The number of urea groups is 1. The van der Waals surface area contributed by atoms with E-state index in [9.17, 15) is 9.18 Å². The van der Waals surface area contributed by atoms with Gasteiger partial charge in [0.2, 0.25) is 0 Å². The lowest BCUT2D eigenvalue weighted by Gasteiger charge is -2.08. The van der Waals surface area contributed by atoms with Gasteiger partial charge < -0.3 is 16.4 Å². The highest BCUT2D eigenvalue weighted by molar-refractivity contribution is 7.80. The molecule has 0 fully saturated rings. The van der Waals surface area contributed by atoms with E-state index in [-0.39, 0.29) is 0 Å². The molecule has 0 saturated carbocycles. The average molecular weight is 303 g/mol. The number of carbonyl (C=O) groups is 1. The summed E-state index contributed by atoms with van der Waals surface area (Å²) in [6.45, 7) is 0.346. The van der Waals surface area contributed by atoms with E-state index in [1.54, 1.807) is 18.2 Å². The number of anilines is 1. The summed E-state index contributed by atoms with van der Waals surface area (Å²) in [4.78, 5) is 12.0. The molecule has 0 heterocycles. The van der Waals surface area contributed by atoms with Crippen LogP contribution in [0.3, 0.4) is 0 Å². The molecule has 2 amide bonds. The lowest BCUT2D eigenvalue weighted by molar-refractivity contribution is 0.251. The van der Waals surface area contributed by atoms with Crippen LogP contribution in [0.5, 0.6) is 0 Å². The number of rotatable bonds is 4. The maximum Gasteiger partial charge on any atom is 0.319 e. The van der Waals surface area contributed by atoms with Gasteiger partial charge >= 0.3 is 6.03 Å². The summed E-state index contributed by atoms with van der Waals surface area (Å²) >= 11 is 4.86. The van der Waals surface area contributed by atoms with Crippen LogP contribution in [-0.2, 0) is 6.54 Å². The van der Waals surface area contributed by atoms with Crippen LogP contribution in [0.2, 0.25) is 0 Å². The third-order valence-electron chi connectivity index (χ3n) is 2.77. The fraction of sp³-hybridized carbons (Fsp3) is 0.0667. The summed E-state index contributed by atoms with van der Waals surface area (Å²) in [5.74, 6) is -0.402. The number of benzene rings is 2. The van der Waals surface area contributed by atoms with Crippen molar-refractivity contribution in [3.63, 3.8) is 0 Å². The third kappa shape index (κ3) is 4.54. The van der Waals surface area contributed by atoms with Gasteiger partial charge in [-0.3, -0.25) is 0 Å². The molecule has 2 aromatic rings. The second-order valence-corrected chi connectivity index (χ2v) is 4.82. The van der Waals surface area contributed by atoms with Crippen molar-refractivity contribution in [2.75, 3.05) is 5.32 Å². The third-order valence-corrected chi connectivity index (χ3v) is 3.01. The Morgan fingerprint density at radius 1 is 1.19 bits per heavy atom. The van der Waals surface area contributed by atoms with E-state index in [2.05, 4.69) is 10.6 Å². The minimum absolute atomic E-state index is 0.332. The number of carbonyl (C=O) groups excluding carboxylic acids is 1. The van der Waals surface area contributed by atoms with E-state index in [0.717, 1.165) is 11.1 Å². The summed E-state index contributed by atoms with van der Waals surface area (Å²) in [6, 6.07) is 12.5. The largest absolute Gasteiger partial charge is 0.389 e. The van der Waals surface area contributed by atoms with E-state index in [0.29, 0.717) is 17.2 Å². The van der Waals surface area contributed by atoms with Crippen LogP contribution in [0.1, 0.15) is 11.1 Å². The van der Waals surface area contributed by atoms with E-state index in [1.807, 2.05) is 12.1 Å². The van der Waals surface area contributed by atoms with Crippen molar-refractivity contribution < 1.29 is 9.18 Å². The first kappa shape index (κ1) is 14.9. The molecule has 0 aliphatic rings. The molecule has 0 aliphatic heterocycles. The first-order chi connectivity index (χ1) is 10.0. The Morgan fingerprint density at radius 2 is 1.90 bits per heavy atom. The monoisotopic (exact) mass is 303 g/mol. The van der Waals surface area contributed by atoms with Gasteiger partial charge in [0, 0.05) is 17.8 Å². The van der Waals surface area contributed by atoms with Crippen LogP contribution in [-0.4, -0.2) is 11.0 Å². The Morgan fingerprint density at radius 3 is 2.52 bits per heavy atom. The van der Waals surface area contributed by atoms with Crippen LogP contribution in [0, 0.1) is 5.82 Å². The normalized spacial score (nSPS) is 9.95. The van der Waals surface area contributed by atoms with Crippen LogP contribution >= 0.6 is 12.2 Å². The van der Waals surface area contributed by atoms with Gasteiger partial charge in [0.1, 0.15) is 10.8 Å². The first-order valence-corrected chi connectivity index (χ1v) is 6.64. The predicted molar refractivity (Wildman–Crippen MR) is 84.6 cm³/mol. The van der Waals surface area contributed by atoms with E-state index in [1.165, 1.54) is 18.2 Å². The Kier molecular flexibility index (Phi) is 4.84. The van der Waals surface area contributed by atoms with Crippen LogP contribution < -0.4 is 16.4 Å². The van der Waals surface area contributed by atoms with Crippen molar-refractivity contribution in [2.24, 2.45) is 5.73 Å². The zero-order valence-electron chi connectivity index (χ0n) is 11.1. The second kappa shape index (κ2) is 6.81. The van der Waals surface area contributed by atoms with Gasteiger partial charge in [-0.15, -0.1) is 0 Å². The first-order valence-electron chi connectivity index (χ1n) is 6.24.